The molecule has 242 valence electrons. The topological polar surface area (TPSA) is 35.2 Å². The van der Waals surface area contributed by atoms with Gasteiger partial charge in [-0.15, -0.1) is 0 Å². The lowest BCUT2D eigenvalue weighted by molar-refractivity contribution is -0.0949. The van der Waals surface area contributed by atoms with Crippen molar-refractivity contribution in [1.29, 1.82) is 0 Å². The highest BCUT2D eigenvalue weighted by Crippen LogP contribution is 2.28. The summed E-state index contributed by atoms with van der Waals surface area (Å²) in [6.45, 7) is 9.17. The summed E-state index contributed by atoms with van der Waals surface area (Å²) in [7, 11) is 0. The van der Waals surface area contributed by atoms with Gasteiger partial charge in [-0.05, 0) is 26.2 Å². The first-order chi connectivity index (χ1) is 19.6. The van der Waals surface area contributed by atoms with Crippen molar-refractivity contribution in [2.24, 2.45) is 5.73 Å². The number of nitrogens with two attached hydrogens (primary N) is 1. The van der Waals surface area contributed by atoms with E-state index in [2.05, 4.69) is 27.7 Å². The van der Waals surface area contributed by atoms with Crippen LogP contribution in [0.15, 0.2) is 0 Å². The highest BCUT2D eigenvalue weighted by atomic mass is 16.5. The average Bonchev–Trinajstić information content (AvgIpc) is 2.93. The maximum absolute atomic E-state index is 6.48. The molecule has 0 spiro atoms. The lowest BCUT2D eigenvalue weighted by Crippen LogP contribution is -2.38. The van der Waals surface area contributed by atoms with Crippen molar-refractivity contribution in [3.8, 4) is 0 Å². The van der Waals surface area contributed by atoms with Gasteiger partial charge in [0, 0.05) is 0 Å². The molecule has 0 saturated carbocycles. The Hall–Kier alpha value is -0.0800. The molecule has 1 unspecified atom stereocenters. The Balaban J connectivity index is 3.83. The first kappa shape index (κ1) is 39.9. The predicted molar refractivity (Wildman–Crippen MR) is 182 cm³/mol. The van der Waals surface area contributed by atoms with Crippen molar-refractivity contribution < 1.29 is 4.74 Å². The van der Waals surface area contributed by atoms with E-state index in [4.69, 9.17) is 10.5 Å². The molecule has 0 radical (unpaired) electrons. The Kier molecular flexibility index (Phi) is 31.8. The van der Waals surface area contributed by atoms with E-state index in [9.17, 15) is 0 Å². The Bertz CT molecular complexity index is 432. The van der Waals surface area contributed by atoms with Gasteiger partial charge in [0.2, 0.25) is 0 Å². The minimum atomic E-state index is -0.0895. The highest BCUT2D eigenvalue weighted by Gasteiger charge is 2.26. The first-order valence-electron chi connectivity index (χ1n) is 19.0. The van der Waals surface area contributed by atoms with Crippen LogP contribution >= 0.6 is 0 Å². The van der Waals surface area contributed by atoms with Gasteiger partial charge in [-0.25, -0.2) is 0 Å². The summed E-state index contributed by atoms with van der Waals surface area (Å²) >= 11 is 0. The third kappa shape index (κ3) is 29.4. The van der Waals surface area contributed by atoms with Crippen LogP contribution in [-0.2, 0) is 4.74 Å². The second-order valence-electron chi connectivity index (χ2n) is 13.6. The summed E-state index contributed by atoms with van der Waals surface area (Å²) in [5.74, 6) is 0. The van der Waals surface area contributed by atoms with Gasteiger partial charge in [0.25, 0.3) is 0 Å². The van der Waals surface area contributed by atoms with Gasteiger partial charge in [-0.2, -0.15) is 0 Å². The molecule has 2 N–H and O–H groups in total. The molecular weight excluding hydrogens is 486 g/mol. The molecular formula is C38H79NO. The number of ether oxygens (including phenoxy) is 1. The number of unbranched alkanes of at least 4 members (excludes halogenated alkanes) is 26. The Labute approximate surface area is 255 Å². The zero-order valence-electron chi connectivity index (χ0n) is 28.7. The van der Waals surface area contributed by atoms with E-state index >= 15 is 0 Å². The molecule has 2 heteroatoms. The zero-order valence-corrected chi connectivity index (χ0v) is 28.7. The van der Waals surface area contributed by atoms with E-state index in [0.717, 1.165) is 12.8 Å². The van der Waals surface area contributed by atoms with Crippen LogP contribution in [0.3, 0.4) is 0 Å². The lowest BCUT2D eigenvalue weighted by atomic mass is 9.90. The van der Waals surface area contributed by atoms with Crippen molar-refractivity contribution in [3.05, 3.63) is 0 Å². The molecule has 0 aromatic carbocycles. The second kappa shape index (κ2) is 31.8. The molecule has 0 aliphatic heterocycles. The molecule has 0 aliphatic rings. The van der Waals surface area contributed by atoms with Crippen LogP contribution in [0.4, 0.5) is 0 Å². The van der Waals surface area contributed by atoms with E-state index in [1.807, 2.05) is 0 Å². The first-order valence-corrected chi connectivity index (χ1v) is 19.0. The quantitative estimate of drug-likeness (QED) is 0.0622. The van der Waals surface area contributed by atoms with Crippen LogP contribution < -0.4 is 5.73 Å². The van der Waals surface area contributed by atoms with Crippen LogP contribution in [0.5, 0.6) is 0 Å². The fraction of sp³-hybridized carbons (Fsp3) is 1.00. The molecule has 40 heavy (non-hydrogen) atoms. The normalized spacial score (nSPS) is 12.8. The standard InChI is InChI=1S/C38H79NO/c1-5-8-10-12-14-16-18-20-22-24-26-28-30-32-35-38(4,40-37(39)34-7-3)36-33-31-29-27-25-23-21-19-17-15-13-11-9-6-2/h37H,5-36,39H2,1-4H3. The molecule has 2 nitrogen and oxygen atoms in total. The molecule has 0 aromatic rings. The molecule has 0 rings (SSSR count). The predicted octanol–water partition coefficient (Wildman–Crippen LogP) is 13.6. The van der Waals surface area contributed by atoms with E-state index in [1.54, 1.807) is 0 Å². The zero-order chi connectivity index (χ0) is 29.4. The van der Waals surface area contributed by atoms with Crippen LogP contribution in [0.1, 0.15) is 233 Å². The Morgan fingerprint density at radius 2 is 0.650 bits per heavy atom. The third-order valence-electron chi connectivity index (χ3n) is 9.13. The van der Waals surface area contributed by atoms with E-state index in [-0.39, 0.29) is 11.8 Å². The van der Waals surface area contributed by atoms with Gasteiger partial charge in [-0.1, -0.05) is 207 Å². The van der Waals surface area contributed by atoms with Crippen molar-refractivity contribution in [2.75, 3.05) is 0 Å². The second-order valence-corrected chi connectivity index (χ2v) is 13.6. The van der Waals surface area contributed by atoms with Gasteiger partial charge in [0.15, 0.2) is 0 Å². The van der Waals surface area contributed by atoms with Crippen molar-refractivity contribution in [2.45, 2.75) is 245 Å². The van der Waals surface area contributed by atoms with Crippen molar-refractivity contribution >= 4 is 0 Å². The molecule has 0 amide bonds. The maximum Gasteiger partial charge on any atom is 0.106 e. The molecule has 0 aliphatic carbocycles. The summed E-state index contributed by atoms with van der Waals surface area (Å²) in [4.78, 5) is 0. The fourth-order valence-electron chi connectivity index (χ4n) is 6.34. The summed E-state index contributed by atoms with van der Waals surface area (Å²) < 4.78 is 6.48. The number of hydrogen-bond acceptors (Lipinski definition) is 2. The molecule has 0 aromatic heterocycles. The van der Waals surface area contributed by atoms with Crippen molar-refractivity contribution in [1.82, 2.24) is 0 Å². The van der Waals surface area contributed by atoms with E-state index in [1.165, 1.54) is 193 Å². The number of rotatable bonds is 34. The van der Waals surface area contributed by atoms with Gasteiger partial charge >= 0.3 is 0 Å². The maximum atomic E-state index is 6.48. The van der Waals surface area contributed by atoms with Gasteiger partial charge in [0.05, 0.1) is 5.60 Å². The minimum Gasteiger partial charge on any atom is -0.357 e. The SMILES string of the molecule is CCCCCCCCCCCCCCCCC(C)(CCCCCCCCCCCCCCCC)OC(N)CCC. The monoisotopic (exact) mass is 566 g/mol. The summed E-state index contributed by atoms with van der Waals surface area (Å²) in [6, 6.07) is 0. The largest absolute Gasteiger partial charge is 0.357 e. The van der Waals surface area contributed by atoms with Gasteiger partial charge < -0.3 is 10.5 Å². The van der Waals surface area contributed by atoms with Crippen LogP contribution in [0.2, 0.25) is 0 Å². The molecule has 0 heterocycles. The fourth-order valence-corrected chi connectivity index (χ4v) is 6.34. The average molecular weight is 566 g/mol. The van der Waals surface area contributed by atoms with Crippen molar-refractivity contribution in [3.63, 3.8) is 0 Å². The van der Waals surface area contributed by atoms with Crippen LogP contribution in [-0.4, -0.2) is 11.8 Å². The summed E-state index contributed by atoms with van der Waals surface area (Å²) in [6.07, 6.45) is 44.1. The summed E-state index contributed by atoms with van der Waals surface area (Å²) in [5, 5.41) is 0. The van der Waals surface area contributed by atoms with Gasteiger partial charge in [0.1, 0.15) is 6.23 Å². The van der Waals surface area contributed by atoms with Gasteiger partial charge in [-0.3, -0.25) is 0 Å². The highest BCUT2D eigenvalue weighted by molar-refractivity contribution is 4.77. The molecule has 0 saturated heterocycles. The number of hydrogen-bond donors (Lipinski definition) is 1. The van der Waals surface area contributed by atoms with E-state index < -0.39 is 0 Å². The Morgan fingerprint density at radius 1 is 0.400 bits per heavy atom. The molecule has 1 atom stereocenters. The smallest absolute Gasteiger partial charge is 0.106 e. The Morgan fingerprint density at radius 3 is 0.900 bits per heavy atom. The molecule has 0 bridgehead atoms. The van der Waals surface area contributed by atoms with Crippen LogP contribution in [0, 0.1) is 0 Å². The van der Waals surface area contributed by atoms with Crippen LogP contribution in [0.25, 0.3) is 0 Å². The third-order valence-corrected chi connectivity index (χ3v) is 9.13. The molecule has 0 fully saturated rings. The lowest BCUT2D eigenvalue weighted by Gasteiger charge is -2.33. The summed E-state index contributed by atoms with van der Waals surface area (Å²) in [5.41, 5.74) is 6.32. The van der Waals surface area contributed by atoms with E-state index in [0.29, 0.717) is 0 Å². The minimum absolute atomic E-state index is 0.0250.